The summed E-state index contributed by atoms with van der Waals surface area (Å²) in [6.07, 6.45) is 9.49. The minimum Gasteiger partial charge on any atom is -0.463 e. The van der Waals surface area contributed by atoms with Crippen LogP contribution in [0.4, 0.5) is 0 Å². The molecule has 6 rings (SSSR count). The first-order valence-corrected chi connectivity index (χ1v) is 15.1. The highest BCUT2D eigenvalue weighted by molar-refractivity contribution is 5.66. The van der Waals surface area contributed by atoms with Crippen LogP contribution in [0.1, 0.15) is 38.7 Å². The summed E-state index contributed by atoms with van der Waals surface area (Å²) in [6.45, 7) is 3.55. The first-order valence-electron chi connectivity index (χ1n) is 15.1. The Hall–Kier alpha value is -2.86. The molecule has 0 aromatic heterocycles. The average Bonchev–Trinajstić information content (AvgIpc) is 3.31. The number of carbonyl (C=O) groups is 2. The van der Waals surface area contributed by atoms with Gasteiger partial charge in [0, 0.05) is 20.3 Å². The standard InChI is InChI=1S/C33H40O10/c1-20(34)37-19-30-24(39-21(2)35)13-8-12-23-25(41-30)14-15-26-28(40-23)17-29-32(43-26)33(38-18-22-9-4-3-5-10-22)31-27(42-29)11-6-7-16-36-31/h3-10,13-15,23-33H,11-12,16-19H2,1-2H3/b13-8-/t23-,24+,25+,26-,27+,28+,29-,30-,31+,32-,33-/m1/s1. The van der Waals surface area contributed by atoms with E-state index >= 15 is 0 Å². The Kier molecular flexibility index (Phi) is 9.71. The van der Waals surface area contributed by atoms with E-state index in [4.69, 9.17) is 37.9 Å². The van der Waals surface area contributed by atoms with Crippen LogP contribution in [0, 0.1) is 0 Å². The number of ether oxygens (including phenoxy) is 8. The molecular weight excluding hydrogens is 556 g/mol. The third kappa shape index (κ3) is 7.28. The van der Waals surface area contributed by atoms with E-state index in [2.05, 4.69) is 6.08 Å². The Morgan fingerprint density at radius 1 is 0.791 bits per heavy atom. The summed E-state index contributed by atoms with van der Waals surface area (Å²) in [6, 6.07) is 10.1. The molecule has 10 nitrogen and oxygen atoms in total. The van der Waals surface area contributed by atoms with E-state index < -0.39 is 30.3 Å². The van der Waals surface area contributed by atoms with E-state index in [1.165, 1.54) is 13.8 Å². The van der Waals surface area contributed by atoms with E-state index in [0.717, 1.165) is 12.0 Å². The number of rotatable bonds is 6. The second-order valence-corrected chi connectivity index (χ2v) is 11.6. The molecule has 5 aliphatic rings. The zero-order valence-electron chi connectivity index (χ0n) is 24.5. The van der Waals surface area contributed by atoms with Crippen molar-refractivity contribution in [2.24, 2.45) is 0 Å². The van der Waals surface area contributed by atoms with Crippen LogP contribution in [0.3, 0.4) is 0 Å². The average molecular weight is 597 g/mol. The van der Waals surface area contributed by atoms with E-state index in [1.807, 2.05) is 54.6 Å². The fourth-order valence-corrected chi connectivity index (χ4v) is 6.45. The molecule has 10 heteroatoms. The van der Waals surface area contributed by atoms with Crippen molar-refractivity contribution in [1.82, 2.24) is 0 Å². The normalized spacial score (nSPS) is 39.3. The molecule has 5 heterocycles. The highest BCUT2D eigenvalue weighted by atomic mass is 16.6. The number of benzene rings is 1. The van der Waals surface area contributed by atoms with Crippen LogP contribution in [-0.4, -0.2) is 92.3 Å². The lowest BCUT2D eigenvalue weighted by Crippen LogP contribution is -2.64. The third-order valence-corrected chi connectivity index (χ3v) is 8.43. The molecule has 0 radical (unpaired) electrons. The van der Waals surface area contributed by atoms with Crippen LogP contribution < -0.4 is 0 Å². The van der Waals surface area contributed by atoms with Gasteiger partial charge in [-0.15, -0.1) is 0 Å². The van der Waals surface area contributed by atoms with Crippen molar-refractivity contribution in [3.63, 3.8) is 0 Å². The highest BCUT2D eigenvalue weighted by Crippen LogP contribution is 2.40. The van der Waals surface area contributed by atoms with E-state index in [-0.39, 0.29) is 55.4 Å². The number of hydrogen-bond donors (Lipinski definition) is 0. The topological polar surface area (TPSA) is 108 Å². The number of carbonyl (C=O) groups excluding carboxylic acids is 2. The largest absolute Gasteiger partial charge is 0.463 e. The smallest absolute Gasteiger partial charge is 0.303 e. The summed E-state index contributed by atoms with van der Waals surface area (Å²) in [5.74, 6) is -0.889. The molecule has 1 aromatic rings. The molecular formula is C33H40O10. The van der Waals surface area contributed by atoms with Crippen LogP contribution in [0.2, 0.25) is 0 Å². The Balaban J connectivity index is 1.21. The van der Waals surface area contributed by atoms with Gasteiger partial charge in [-0.1, -0.05) is 60.7 Å². The van der Waals surface area contributed by atoms with Gasteiger partial charge in [-0.3, -0.25) is 9.59 Å². The second-order valence-electron chi connectivity index (χ2n) is 11.6. The Morgan fingerprint density at radius 3 is 2.35 bits per heavy atom. The van der Waals surface area contributed by atoms with Gasteiger partial charge >= 0.3 is 11.9 Å². The monoisotopic (exact) mass is 596 g/mol. The minimum atomic E-state index is -0.704. The first-order chi connectivity index (χ1) is 20.9. The molecule has 0 unspecified atom stereocenters. The van der Waals surface area contributed by atoms with Gasteiger partial charge in [-0.2, -0.15) is 0 Å². The van der Waals surface area contributed by atoms with E-state index in [9.17, 15) is 9.59 Å². The third-order valence-electron chi connectivity index (χ3n) is 8.43. The maximum atomic E-state index is 11.8. The predicted molar refractivity (Wildman–Crippen MR) is 153 cm³/mol. The summed E-state index contributed by atoms with van der Waals surface area (Å²) in [5, 5.41) is 0. The highest BCUT2D eigenvalue weighted by Gasteiger charge is 2.53. The maximum Gasteiger partial charge on any atom is 0.303 e. The Bertz CT molecular complexity index is 1200. The van der Waals surface area contributed by atoms with Gasteiger partial charge in [0.1, 0.15) is 49.3 Å². The fourth-order valence-electron chi connectivity index (χ4n) is 6.45. The van der Waals surface area contributed by atoms with Crippen molar-refractivity contribution < 1.29 is 47.5 Å². The molecule has 0 N–H and O–H groups in total. The molecule has 232 valence electrons. The van der Waals surface area contributed by atoms with Gasteiger partial charge in [-0.05, 0) is 24.5 Å². The van der Waals surface area contributed by atoms with Gasteiger partial charge in [0.05, 0.1) is 37.6 Å². The van der Waals surface area contributed by atoms with Gasteiger partial charge in [-0.25, -0.2) is 0 Å². The molecule has 43 heavy (non-hydrogen) atoms. The second kappa shape index (κ2) is 13.8. The maximum absolute atomic E-state index is 11.8. The van der Waals surface area contributed by atoms with Crippen LogP contribution in [0.25, 0.3) is 0 Å². The molecule has 0 saturated carbocycles. The van der Waals surface area contributed by atoms with Crippen LogP contribution in [0.15, 0.2) is 66.8 Å². The van der Waals surface area contributed by atoms with E-state index in [0.29, 0.717) is 26.1 Å². The summed E-state index contributed by atoms with van der Waals surface area (Å²) < 4.78 is 50.0. The summed E-state index contributed by atoms with van der Waals surface area (Å²) in [5.41, 5.74) is 1.08. The molecule has 1 aromatic carbocycles. The lowest BCUT2D eigenvalue weighted by atomic mass is 9.87. The van der Waals surface area contributed by atoms with Crippen molar-refractivity contribution in [2.45, 2.75) is 107 Å². The van der Waals surface area contributed by atoms with Crippen molar-refractivity contribution >= 4 is 11.9 Å². The summed E-state index contributed by atoms with van der Waals surface area (Å²) in [4.78, 5) is 23.4. The Morgan fingerprint density at radius 2 is 1.56 bits per heavy atom. The van der Waals surface area contributed by atoms with Crippen molar-refractivity contribution in [3.8, 4) is 0 Å². The number of esters is 2. The lowest BCUT2D eigenvalue weighted by molar-refractivity contribution is -0.295. The van der Waals surface area contributed by atoms with Crippen molar-refractivity contribution in [1.29, 1.82) is 0 Å². The van der Waals surface area contributed by atoms with Crippen LogP contribution >= 0.6 is 0 Å². The van der Waals surface area contributed by atoms with Crippen molar-refractivity contribution in [2.75, 3.05) is 13.2 Å². The molecule has 0 bridgehead atoms. The van der Waals surface area contributed by atoms with Crippen LogP contribution in [0.5, 0.6) is 0 Å². The zero-order chi connectivity index (χ0) is 29.8. The molecule has 2 saturated heterocycles. The van der Waals surface area contributed by atoms with Crippen molar-refractivity contribution in [3.05, 3.63) is 72.4 Å². The fraction of sp³-hybridized carbons (Fsp3) is 0.576. The molecule has 2 fully saturated rings. The molecule has 0 spiro atoms. The molecule has 0 amide bonds. The molecule has 11 atom stereocenters. The zero-order valence-corrected chi connectivity index (χ0v) is 24.5. The molecule has 5 aliphatic heterocycles. The predicted octanol–water partition coefficient (Wildman–Crippen LogP) is 3.37. The van der Waals surface area contributed by atoms with Crippen LogP contribution in [-0.2, 0) is 54.1 Å². The van der Waals surface area contributed by atoms with Gasteiger partial charge in [0.25, 0.3) is 0 Å². The lowest BCUT2D eigenvalue weighted by Gasteiger charge is -2.50. The Labute approximate surface area is 251 Å². The van der Waals surface area contributed by atoms with E-state index in [1.54, 1.807) is 6.08 Å². The quantitative estimate of drug-likeness (QED) is 0.358. The molecule has 0 aliphatic carbocycles. The van der Waals surface area contributed by atoms with Gasteiger partial charge in [0.15, 0.2) is 0 Å². The SMILES string of the molecule is CC(=O)OC[C@H]1O[C@H]2C=C[C@H]3O[C@H]4[C@H](OCc5ccccc5)[C@H]5OCC=CC[C@@H]5O[C@@H]4C[C@@H]3O[C@@H]2C/C=C\[C@@H]1OC(C)=O. The van der Waals surface area contributed by atoms with Gasteiger partial charge in [0.2, 0.25) is 0 Å². The number of hydrogen-bond acceptors (Lipinski definition) is 10. The summed E-state index contributed by atoms with van der Waals surface area (Å²) in [7, 11) is 0. The van der Waals surface area contributed by atoms with Gasteiger partial charge < -0.3 is 37.9 Å². The number of fused-ring (bicyclic) bond motifs is 4. The first kappa shape index (κ1) is 30.2. The minimum absolute atomic E-state index is 0.0618. The summed E-state index contributed by atoms with van der Waals surface area (Å²) >= 11 is 0.